The predicted molar refractivity (Wildman–Crippen MR) is 158 cm³/mol. The number of ether oxygens (including phenoxy) is 3. The number of anilines is 2. The molecular formula is C29H28ClN3O8S. The Balaban J connectivity index is 1.78. The number of hydrogen-bond acceptors (Lipinski definition) is 8. The number of fused-ring (bicyclic) bond motifs is 1. The van der Waals surface area contributed by atoms with Crippen molar-refractivity contribution in [2.24, 2.45) is 0 Å². The summed E-state index contributed by atoms with van der Waals surface area (Å²) in [4.78, 5) is 37.8. The van der Waals surface area contributed by atoms with Gasteiger partial charge < -0.3 is 19.5 Å². The quantitative estimate of drug-likeness (QED) is 0.242. The number of benzene rings is 3. The maximum Gasteiger partial charge on any atom is 0.412 e. The van der Waals surface area contributed by atoms with E-state index in [4.69, 9.17) is 21.1 Å². The van der Waals surface area contributed by atoms with Gasteiger partial charge in [-0.05, 0) is 69.3 Å². The number of esters is 1. The molecular weight excluding hydrogens is 586 g/mol. The van der Waals surface area contributed by atoms with Crippen molar-refractivity contribution in [2.45, 2.75) is 31.3 Å². The number of nitrogens with one attached hydrogen (secondary N) is 2. The molecule has 1 heterocycles. The molecule has 13 heteroatoms. The minimum absolute atomic E-state index is 0.0306. The van der Waals surface area contributed by atoms with Gasteiger partial charge in [0.05, 0.1) is 28.9 Å². The average molecular weight is 614 g/mol. The van der Waals surface area contributed by atoms with Crippen molar-refractivity contribution in [1.82, 2.24) is 3.97 Å². The van der Waals surface area contributed by atoms with Crippen molar-refractivity contribution in [3.63, 3.8) is 0 Å². The smallest absolute Gasteiger partial charge is 0.412 e. The summed E-state index contributed by atoms with van der Waals surface area (Å²) < 4.78 is 43.8. The Hall–Kier alpha value is -4.55. The molecule has 1 aromatic heterocycles. The zero-order valence-corrected chi connectivity index (χ0v) is 24.7. The molecule has 0 bridgehead atoms. The molecule has 0 aliphatic heterocycles. The molecule has 0 saturated heterocycles. The lowest BCUT2D eigenvalue weighted by Gasteiger charge is -2.21. The Kier molecular flexibility index (Phi) is 8.78. The maximum atomic E-state index is 13.8. The molecule has 42 heavy (non-hydrogen) atoms. The van der Waals surface area contributed by atoms with E-state index in [0.29, 0.717) is 10.4 Å². The number of aromatic nitrogens is 1. The fourth-order valence-corrected chi connectivity index (χ4v) is 5.62. The van der Waals surface area contributed by atoms with E-state index in [1.807, 2.05) is 0 Å². The van der Waals surface area contributed by atoms with Crippen molar-refractivity contribution in [3.8, 4) is 5.75 Å². The van der Waals surface area contributed by atoms with Crippen LogP contribution in [0.2, 0.25) is 5.02 Å². The number of rotatable bonds is 8. The van der Waals surface area contributed by atoms with E-state index < -0.39 is 40.2 Å². The summed E-state index contributed by atoms with van der Waals surface area (Å²) in [7, 11) is -3.03. The first-order chi connectivity index (χ1) is 19.8. The van der Waals surface area contributed by atoms with E-state index in [0.717, 1.165) is 3.97 Å². The van der Waals surface area contributed by atoms with Gasteiger partial charge in [-0.3, -0.25) is 10.1 Å². The number of hydrogen-bond donors (Lipinski definition) is 2. The molecule has 0 unspecified atom stereocenters. The van der Waals surface area contributed by atoms with Gasteiger partial charge in [0.2, 0.25) is 0 Å². The Morgan fingerprint density at radius 2 is 1.62 bits per heavy atom. The van der Waals surface area contributed by atoms with Crippen LogP contribution in [0.15, 0.2) is 77.7 Å². The van der Waals surface area contributed by atoms with Crippen molar-refractivity contribution in [2.75, 3.05) is 24.4 Å². The maximum absolute atomic E-state index is 13.8. The number of halogens is 1. The second-order valence-electron chi connectivity index (χ2n) is 9.97. The van der Waals surface area contributed by atoms with E-state index >= 15 is 0 Å². The summed E-state index contributed by atoms with van der Waals surface area (Å²) in [5, 5.41) is 5.98. The van der Waals surface area contributed by atoms with Crippen LogP contribution in [0.4, 0.5) is 16.2 Å². The summed E-state index contributed by atoms with van der Waals surface area (Å²) in [5.41, 5.74) is -0.624. The van der Waals surface area contributed by atoms with Gasteiger partial charge in [-0.2, -0.15) is 0 Å². The topological polar surface area (TPSA) is 142 Å². The van der Waals surface area contributed by atoms with Gasteiger partial charge >= 0.3 is 12.1 Å². The lowest BCUT2D eigenvalue weighted by molar-refractivity contribution is -0.142. The normalized spacial score (nSPS) is 11.5. The number of carbonyl (C=O) groups excluding carboxylic acids is 3. The van der Waals surface area contributed by atoms with Crippen LogP contribution < -0.4 is 15.4 Å². The molecule has 11 nitrogen and oxygen atoms in total. The first kappa shape index (κ1) is 30.4. The highest BCUT2D eigenvalue weighted by molar-refractivity contribution is 7.90. The lowest BCUT2D eigenvalue weighted by atomic mass is 10.2. The van der Waals surface area contributed by atoms with E-state index in [1.54, 1.807) is 45.0 Å². The number of nitrogens with zero attached hydrogens (tertiary/aromatic N) is 1. The third kappa shape index (κ3) is 7.01. The Labute approximate surface area is 247 Å². The van der Waals surface area contributed by atoms with E-state index in [9.17, 15) is 22.8 Å². The Morgan fingerprint density at radius 3 is 2.29 bits per heavy atom. The zero-order valence-electron chi connectivity index (χ0n) is 23.1. The number of carbonyl (C=O) groups is 3. The van der Waals surface area contributed by atoms with Crippen molar-refractivity contribution in [3.05, 3.63) is 83.5 Å². The minimum atomic E-state index is -4.23. The highest BCUT2D eigenvalue weighted by atomic mass is 35.5. The largest absolute Gasteiger partial charge is 0.482 e. The minimum Gasteiger partial charge on any atom is -0.482 e. The lowest BCUT2D eigenvalue weighted by Crippen LogP contribution is -2.28. The molecule has 4 rings (SSSR count). The van der Waals surface area contributed by atoms with Gasteiger partial charge in [-0.15, -0.1) is 0 Å². The van der Waals surface area contributed by atoms with Crippen LogP contribution in [-0.2, 0) is 24.3 Å². The number of methoxy groups -OCH3 is 1. The molecule has 0 atom stereocenters. The second kappa shape index (κ2) is 12.1. The summed E-state index contributed by atoms with van der Waals surface area (Å²) in [6, 6.07) is 17.9. The summed E-state index contributed by atoms with van der Waals surface area (Å²) >= 11 is 6.16. The standard InChI is InChI=1S/C29H28ClN3O8S/c1-29(2,3)41-28(36)32-22-12-11-20(40-17-26(34)39-4)16-23(22)31-27(35)25-15-18-14-19(30)10-13-24(18)33(25)42(37,38)21-8-6-5-7-9-21/h5-16H,17H2,1-4H3,(H,31,35)(H,32,36). The van der Waals surface area contributed by atoms with Crippen LogP contribution in [0.3, 0.4) is 0 Å². The molecule has 0 radical (unpaired) electrons. The number of amides is 2. The molecule has 4 aromatic rings. The third-order valence-corrected chi connectivity index (χ3v) is 7.67. The highest BCUT2D eigenvalue weighted by Crippen LogP contribution is 2.31. The van der Waals surface area contributed by atoms with E-state index in [-0.39, 0.29) is 33.2 Å². The van der Waals surface area contributed by atoms with Crippen LogP contribution in [-0.4, -0.2) is 49.7 Å². The third-order valence-electron chi connectivity index (χ3n) is 5.69. The zero-order chi connectivity index (χ0) is 30.7. The van der Waals surface area contributed by atoms with Crippen LogP contribution in [0.5, 0.6) is 5.75 Å². The average Bonchev–Trinajstić information content (AvgIpc) is 3.32. The molecule has 0 saturated carbocycles. The summed E-state index contributed by atoms with van der Waals surface area (Å²) in [5.74, 6) is -1.29. The molecule has 0 aliphatic rings. The van der Waals surface area contributed by atoms with Crippen LogP contribution in [0.1, 0.15) is 31.3 Å². The fraction of sp³-hybridized carbons (Fsp3) is 0.207. The van der Waals surface area contributed by atoms with Gasteiger partial charge in [-0.25, -0.2) is 22.0 Å². The fourth-order valence-electron chi connectivity index (χ4n) is 3.90. The van der Waals surface area contributed by atoms with E-state index in [1.165, 1.54) is 55.6 Å². The molecule has 0 fully saturated rings. The molecule has 0 aliphatic carbocycles. The van der Waals surface area contributed by atoms with Gasteiger partial charge in [-0.1, -0.05) is 29.8 Å². The van der Waals surface area contributed by atoms with Crippen molar-refractivity contribution in [1.29, 1.82) is 0 Å². The SMILES string of the molecule is COC(=O)COc1ccc(NC(=O)OC(C)(C)C)c(NC(=O)c2cc3cc(Cl)ccc3n2S(=O)(=O)c2ccccc2)c1. The predicted octanol–water partition coefficient (Wildman–Crippen LogP) is 5.68. The van der Waals surface area contributed by atoms with Gasteiger partial charge in [0, 0.05) is 16.5 Å². The first-order valence-corrected chi connectivity index (χ1v) is 14.4. The highest BCUT2D eigenvalue weighted by Gasteiger charge is 2.27. The second-order valence-corrected chi connectivity index (χ2v) is 12.2. The summed E-state index contributed by atoms with van der Waals surface area (Å²) in [6.07, 6.45) is -0.795. The van der Waals surface area contributed by atoms with Gasteiger partial charge in [0.1, 0.15) is 17.0 Å². The van der Waals surface area contributed by atoms with Crippen molar-refractivity contribution >= 4 is 61.9 Å². The summed E-state index contributed by atoms with van der Waals surface area (Å²) in [6.45, 7) is 4.67. The van der Waals surface area contributed by atoms with E-state index in [2.05, 4.69) is 15.4 Å². The van der Waals surface area contributed by atoms with Gasteiger partial charge in [0.25, 0.3) is 15.9 Å². The van der Waals surface area contributed by atoms with Crippen LogP contribution in [0, 0.1) is 0 Å². The molecule has 0 spiro atoms. The van der Waals surface area contributed by atoms with Crippen molar-refractivity contribution < 1.29 is 37.0 Å². The van der Waals surface area contributed by atoms with Crippen LogP contribution in [0.25, 0.3) is 10.9 Å². The Bertz CT molecular complexity index is 1760. The van der Waals surface area contributed by atoms with Gasteiger partial charge in [0.15, 0.2) is 6.61 Å². The molecule has 3 aromatic carbocycles. The monoisotopic (exact) mass is 613 g/mol. The molecule has 220 valence electrons. The molecule has 2 N–H and O–H groups in total. The Morgan fingerprint density at radius 1 is 0.905 bits per heavy atom. The molecule has 2 amide bonds. The first-order valence-electron chi connectivity index (χ1n) is 12.5. The van der Waals surface area contributed by atoms with Crippen LogP contribution >= 0.6 is 11.6 Å².